The summed E-state index contributed by atoms with van der Waals surface area (Å²) in [5.41, 5.74) is 3.60. The van der Waals surface area contributed by atoms with Gasteiger partial charge in [0.05, 0.1) is 0 Å². The van der Waals surface area contributed by atoms with Crippen molar-refractivity contribution in [3.63, 3.8) is 0 Å². The van der Waals surface area contributed by atoms with Crippen molar-refractivity contribution < 1.29 is 0 Å². The zero-order valence-corrected chi connectivity index (χ0v) is 13.9. The van der Waals surface area contributed by atoms with Crippen LogP contribution >= 0.6 is 0 Å². The number of rotatable bonds is 2. The molecule has 1 N–H and O–H groups in total. The second-order valence-electron chi connectivity index (χ2n) is 7.74. The van der Waals surface area contributed by atoms with E-state index < -0.39 is 0 Å². The third-order valence-corrected chi connectivity index (χ3v) is 5.70. The van der Waals surface area contributed by atoms with Gasteiger partial charge in [-0.1, -0.05) is 38.1 Å². The standard InChI is InChI=1S/C19H30N2/c1-19(2)11-8-16(9-12-19)21(3)18-10-13-20-14-15-6-4-5-7-17(15)18/h4-7,16,18,20H,8-14H2,1-3H3. The van der Waals surface area contributed by atoms with Crippen LogP contribution in [0.4, 0.5) is 0 Å². The molecule has 1 aliphatic carbocycles. The molecule has 1 fully saturated rings. The highest BCUT2D eigenvalue weighted by atomic mass is 15.2. The Morgan fingerprint density at radius 1 is 1.10 bits per heavy atom. The van der Waals surface area contributed by atoms with Gasteiger partial charge in [0.1, 0.15) is 0 Å². The van der Waals surface area contributed by atoms with Crippen molar-refractivity contribution in [3.8, 4) is 0 Å². The smallest absolute Gasteiger partial charge is 0.0363 e. The molecule has 1 saturated carbocycles. The molecule has 0 spiro atoms. The maximum absolute atomic E-state index is 3.58. The van der Waals surface area contributed by atoms with Crippen LogP contribution in [0.2, 0.25) is 0 Å². The maximum atomic E-state index is 3.58. The molecule has 1 atom stereocenters. The first kappa shape index (κ1) is 15.1. The number of nitrogens with one attached hydrogen (secondary N) is 1. The van der Waals surface area contributed by atoms with Gasteiger partial charge in [0.15, 0.2) is 0 Å². The van der Waals surface area contributed by atoms with Crippen LogP contribution in [0.3, 0.4) is 0 Å². The highest BCUT2D eigenvalue weighted by Crippen LogP contribution is 2.39. The van der Waals surface area contributed by atoms with Gasteiger partial charge < -0.3 is 5.32 Å². The van der Waals surface area contributed by atoms with Crippen molar-refractivity contribution in [1.29, 1.82) is 0 Å². The molecule has 0 radical (unpaired) electrons. The minimum atomic E-state index is 0.556. The summed E-state index contributed by atoms with van der Waals surface area (Å²) in [5, 5.41) is 3.58. The molecule has 1 aromatic carbocycles. The molecule has 1 unspecified atom stereocenters. The average molecular weight is 286 g/mol. The summed E-state index contributed by atoms with van der Waals surface area (Å²) in [4.78, 5) is 2.68. The highest BCUT2D eigenvalue weighted by molar-refractivity contribution is 5.31. The summed E-state index contributed by atoms with van der Waals surface area (Å²) in [7, 11) is 2.36. The van der Waals surface area contributed by atoms with Gasteiger partial charge in [-0.2, -0.15) is 0 Å². The van der Waals surface area contributed by atoms with Crippen LogP contribution in [-0.4, -0.2) is 24.5 Å². The lowest BCUT2D eigenvalue weighted by molar-refractivity contribution is 0.0912. The monoisotopic (exact) mass is 286 g/mol. The third kappa shape index (κ3) is 3.32. The molecule has 1 heterocycles. The van der Waals surface area contributed by atoms with Gasteiger partial charge >= 0.3 is 0 Å². The van der Waals surface area contributed by atoms with Gasteiger partial charge in [-0.05, 0) is 62.2 Å². The molecular weight excluding hydrogens is 256 g/mol. The Kier molecular flexibility index (Phi) is 4.37. The third-order valence-electron chi connectivity index (χ3n) is 5.70. The van der Waals surface area contributed by atoms with Crippen molar-refractivity contribution in [3.05, 3.63) is 35.4 Å². The van der Waals surface area contributed by atoms with E-state index in [4.69, 9.17) is 0 Å². The molecule has 2 heteroatoms. The Labute approximate surface area is 129 Å². The lowest BCUT2D eigenvalue weighted by atomic mass is 9.75. The minimum Gasteiger partial charge on any atom is -0.313 e. The first-order chi connectivity index (χ1) is 10.1. The van der Waals surface area contributed by atoms with Crippen molar-refractivity contribution in [2.45, 2.75) is 64.6 Å². The number of benzene rings is 1. The summed E-state index contributed by atoms with van der Waals surface area (Å²) < 4.78 is 0. The summed E-state index contributed by atoms with van der Waals surface area (Å²) >= 11 is 0. The van der Waals surface area contributed by atoms with E-state index in [1.165, 1.54) is 37.7 Å². The van der Waals surface area contributed by atoms with Gasteiger partial charge in [0.2, 0.25) is 0 Å². The first-order valence-electron chi connectivity index (χ1n) is 8.57. The largest absolute Gasteiger partial charge is 0.313 e. The van der Waals surface area contributed by atoms with Crippen molar-refractivity contribution in [1.82, 2.24) is 10.2 Å². The van der Waals surface area contributed by atoms with Gasteiger partial charge in [-0.25, -0.2) is 0 Å². The van der Waals surface area contributed by atoms with E-state index >= 15 is 0 Å². The Bertz CT molecular complexity index is 470. The van der Waals surface area contributed by atoms with Gasteiger partial charge in [0, 0.05) is 18.6 Å². The fourth-order valence-corrected chi connectivity index (χ4v) is 4.11. The predicted octanol–water partition coefficient (Wildman–Crippen LogP) is 4.12. The molecule has 0 saturated heterocycles. The molecule has 0 aromatic heterocycles. The zero-order chi connectivity index (χ0) is 14.9. The van der Waals surface area contributed by atoms with Gasteiger partial charge in [-0.3, -0.25) is 4.90 Å². The number of hydrogen-bond acceptors (Lipinski definition) is 2. The van der Waals surface area contributed by atoms with Crippen LogP contribution in [-0.2, 0) is 6.54 Å². The Hall–Kier alpha value is -0.860. The molecular formula is C19H30N2. The van der Waals surface area contributed by atoms with Crippen LogP contribution < -0.4 is 5.32 Å². The van der Waals surface area contributed by atoms with E-state index in [0.29, 0.717) is 11.5 Å². The average Bonchev–Trinajstić information content (AvgIpc) is 2.69. The van der Waals surface area contributed by atoms with E-state index in [1.807, 2.05) is 0 Å². The number of hydrogen-bond donors (Lipinski definition) is 1. The van der Waals surface area contributed by atoms with Crippen LogP contribution in [0.5, 0.6) is 0 Å². The number of fused-ring (bicyclic) bond motifs is 1. The van der Waals surface area contributed by atoms with Gasteiger partial charge in [-0.15, -0.1) is 0 Å². The van der Waals surface area contributed by atoms with E-state index in [9.17, 15) is 0 Å². The maximum Gasteiger partial charge on any atom is 0.0363 e. The Morgan fingerprint density at radius 2 is 1.81 bits per heavy atom. The Balaban J connectivity index is 1.77. The molecule has 3 rings (SSSR count). The van der Waals surface area contributed by atoms with Crippen LogP contribution in [0.15, 0.2) is 24.3 Å². The molecule has 2 aliphatic rings. The lowest BCUT2D eigenvalue weighted by Crippen LogP contribution is -2.39. The highest BCUT2D eigenvalue weighted by Gasteiger charge is 2.32. The van der Waals surface area contributed by atoms with Crippen LogP contribution in [0.25, 0.3) is 0 Å². The molecule has 21 heavy (non-hydrogen) atoms. The van der Waals surface area contributed by atoms with Gasteiger partial charge in [0.25, 0.3) is 0 Å². The predicted molar refractivity (Wildman–Crippen MR) is 89.3 cm³/mol. The van der Waals surface area contributed by atoms with Crippen LogP contribution in [0, 0.1) is 5.41 Å². The summed E-state index contributed by atoms with van der Waals surface area (Å²) in [6.45, 7) is 7.00. The van der Waals surface area contributed by atoms with Crippen LogP contribution in [0.1, 0.15) is 63.1 Å². The summed E-state index contributed by atoms with van der Waals surface area (Å²) in [6.07, 6.45) is 6.68. The fraction of sp³-hybridized carbons (Fsp3) is 0.684. The molecule has 1 aliphatic heterocycles. The summed E-state index contributed by atoms with van der Waals surface area (Å²) in [6, 6.07) is 10.4. The zero-order valence-electron chi connectivity index (χ0n) is 13.9. The molecule has 0 amide bonds. The minimum absolute atomic E-state index is 0.556. The topological polar surface area (TPSA) is 15.3 Å². The number of nitrogens with zero attached hydrogens (tertiary/aromatic N) is 1. The fourth-order valence-electron chi connectivity index (χ4n) is 4.11. The van der Waals surface area contributed by atoms with E-state index in [2.05, 4.69) is 55.4 Å². The lowest BCUT2D eigenvalue weighted by Gasteiger charge is -2.42. The quantitative estimate of drug-likeness (QED) is 0.879. The molecule has 2 nitrogen and oxygen atoms in total. The summed E-state index contributed by atoms with van der Waals surface area (Å²) in [5.74, 6) is 0. The van der Waals surface area contributed by atoms with E-state index in [1.54, 1.807) is 5.56 Å². The molecule has 0 bridgehead atoms. The second kappa shape index (κ2) is 6.10. The van der Waals surface area contributed by atoms with Crippen molar-refractivity contribution in [2.24, 2.45) is 5.41 Å². The molecule has 116 valence electrons. The Morgan fingerprint density at radius 3 is 2.57 bits per heavy atom. The SMILES string of the molecule is CN(C1CCC(C)(C)CC1)C1CCNCc2ccccc21. The second-order valence-corrected chi connectivity index (χ2v) is 7.74. The first-order valence-corrected chi connectivity index (χ1v) is 8.57. The van der Waals surface area contributed by atoms with E-state index in [-0.39, 0.29) is 0 Å². The van der Waals surface area contributed by atoms with E-state index in [0.717, 1.165) is 19.1 Å². The molecule has 1 aromatic rings. The van der Waals surface area contributed by atoms with Crippen molar-refractivity contribution in [2.75, 3.05) is 13.6 Å². The van der Waals surface area contributed by atoms with Crippen molar-refractivity contribution >= 4 is 0 Å². The normalized spacial score (nSPS) is 26.4.